The van der Waals surface area contributed by atoms with Crippen LogP contribution in [0.1, 0.15) is 85.3 Å². The van der Waals surface area contributed by atoms with Crippen LogP contribution in [0.5, 0.6) is 0 Å². The van der Waals surface area contributed by atoms with Crippen molar-refractivity contribution in [3.63, 3.8) is 0 Å². The van der Waals surface area contributed by atoms with Gasteiger partial charge in [0.15, 0.2) is 6.10 Å². The summed E-state index contributed by atoms with van der Waals surface area (Å²) in [5.74, 6) is -0.443. The number of esters is 2. The summed E-state index contributed by atoms with van der Waals surface area (Å²) in [4.78, 5) is 39.5. The number of ketones is 1. The van der Waals surface area contributed by atoms with Gasteiger partial charge < -0.3 is 18.6 Å². The molecule has 2 aliphatic heterocycles. The highest BCUT2D eigenvalue weighted by atomic mass is 16.7. The highest BCUT2D eigenvalue weighted by Crippen LogP contribution is 2.80. The molecule has 3 saturated carbocycles. The molecule has 0 N–H and O–H groups in total. The number of carbonyl (C=O) groups is 3. The predicted octanol–water partition coefficient (Wildman–Crippen LogP) is 4.78. The standard InChI is InChI=1S/C28H36O7/c1-15(29)33-20-13-18-24(2,3)10-8-19(30)26(18,5)17-7-11-25(4)21(16-9-12-32-14-16)34-23(31)22-28(25,35-22)27(17,20)6/h9,12,14,17-18,20-22H,7-8,10-11,13H2,1-6H3/t17?,18?,20?,21-,22?,25-,26+,27-,28?/m0/s1. The van der Waals surface area contributed by atoms with Crippen LogP contribution in [0.2, 0.25) is 0 Å². The fourth-order valence-electron chi connectivity index (χ4n) is 9.61. The number of carbonyl (C=O) groups excluding carboxylic acids is 3. The van der Waals surface area contributed by atoms with E-state index in [4.69, 9.17) is 18.6 Å². The van der Waals surface area contributed by atoms with Crippen molar-refractivity contribution >= 4 is 17.7 Å². The second kappa shape index (κ2) is 6.78. The van der Waals surface area contributed by atoms with Gasteiger partial charge in [-0.25, -0.2) is 4.79 Å². The molecule has 5 aliphatic rings. The molecule has 190 valence electrons. The minimum atomic E-state index is -0.893. The molecule has 6 rings (SSSR count). The van der Waals surface area contributed by atoms with E-state index in [-0.39, 0.29) is 29.2 Å². The van der Waals surface area contributed by atoms with Gasteiger partial charge in [0, 0.05) is 35.2 Å². The lowest BCUT2D eigenvalue weighted by Gasteiger charge is -2.69. The molecule has 1 spiro atoms. The molecule has 1 aromatic rings. The monoisotopic (exact) mass is 484 g/mol. The normalized spacial score (nSPS) is 49.6. The summed E-state index contributed by atoms with van der Waals surface area (Å²) in [6, 6.07) is 1.84. The minimum absolute atomic E-state index is 0.0601. The Balaban J connectivity index is 1.55. The first-order valence-electron chi connectivity index (χ1n) is 12.9. The van der Waals surface area contributed by atoms with Gasteiger partial charge in [0.25, 0.3) is 0 Å². The average Bonchev–Trinajstić information content (AvgIpc) is 3.35. The highest BCUT2D eigenvalue weighted by molar-refractivity contribution is 5.87. The molecule has 7 nitrogen and oxygen atoms in total. The van der Waals surface area contributed by atoms with Crippen molar-refractivity contribution in [2.24, 2.45) is 33.5 Å². The first-order chi connectivity index (χ1) is 16.3. The van der Waals surface area contributed by atoms with Crippen molar-refractivity contribution in [2.75, 3.05) is 0 Å². The summed E-state index contributed by atoms with van der Waals surface area (Å²) in [5, 5.41) is 0. The Hall–Kier alpha value is -2.15. The van der Waals surface area contributed by atoms with Gasteiger partial charge in [-0.05, 0) is 49.0 Å². The van der Waals surface area contributed by atoms with Crippen LogP contribution < -0.4 is 0 Å². The maximum Gasteiger partial charge on any atom is 0.339 e. The summed E-state index contributed by atoms with van der Waals surface area (Å²) < 4.78 is 24.0. The maximum absolute atomic E-state index is 13.8. The van der Waals surface area contributed by atoms with Gasteiger partial charge in [-0.15, -0.1) is 0 Å². The van der Waals surface area contributed by atoms with Crippen LogP contribution in [0.15, 0.2) is 23.0 Å². The Kier molecular flexibility index (Phi) is 4.51. The molecular formula is C28H36O7. The number of furan rings is 1. The SMILES string of the molecule is CC(=O)OC1CC2C(C)(C)CCC(=O)[C@]2(C)C2CC[C@@]3(C)[C@H](c4ccoc4)OC(=O)C4OC43[C@]12C. The number of ether oxygens (including phenoxy) is 3. The first-order valence-corrected chi connectivity index (χ1v) is 12.9. The lowest BCUT2D eigenvalue weighted by Crippen LogP contribution is -2.74. The van der Waals surface area contributed by atoms with Gasteiger partial charge in [-0.2, -0.15) is 0 Å². The van der Waals surface area contributed by atoms with Crippen molar-refractivity contribution in [1.82, 2.24) is 0 Å². The fourth-order valence-corrected chi connectivity index (χ4v) is 9.61. The summed E-state index contributed by atoms with van der Waals surface area (Å²) >= 11 is 0. The Morgan fingerprint density at radius 2 is 1.80 bits per heavy atom. The highest BCUT2D eigenvalue weighted by Gasteiger charge is 2.88. The Labute approximate surface area is 206 Å². The number of hydrogen-bond donors (Lipinski definition) is 0. The van der Waals surface area contributed by atoms with E-state index < -0.39 is 40.2 Å². The zero-order chi connectivity index (χ0) is 25.2. The van der Waals surface area contributed by atoms with E-state index in [1.165, 1.54) is 6.92 Å². The third-order valence-electron chi connectivity index (χ3n) is 11.2. The largest absolute Gasteiger partial charge is 0.472 e. The lowest BCUT2D eigenvalue weighted by atomic mass is 9.34. The van der Waals surface area contributed by atoms with Crippen LogP contribution in [0.3, 0.4) is 0 Å². The maximum atomic E-state index is 13.8. The summed E-state index contributed by atoms with van der Waals surface area (Å²) in [7, 11) is 0. The Bertz CT molecular complexity index is 1110. The molecular weight excluding hydrogens is 448 g/mol. The number of Topliss-reactive ketones (excluding diaryl/α,β-unsaturated/α-hetero) is 1. The Morgan fingerprint density at radius 1 is 1.06 bits per heavy atom. The Morgan fingerprint density at radius 3 is 2.46 bits per heavy atom. The number of epoxide rings is 1. The number of fused-ring (bicyclic) bond motifs is 3. The van der Waals surface area contributed by atoms with Crippen molar-refractivity contribution < 1.29 is 33.0 Å². The molecule has 0 radical (unpaired) electrons. The smallest absolute Gasteiger partial charge is 0.339 e. The lowest BCUT2D eigenvalue weighted by molar-refractivity contribution is -0.259. The zero-order valence-electron chi connectivity index (χ0n) is 21.5. The molecule has 2 saturated heterocycles. The minimum Gasteiger partial charge on any atom is -0.472 e. The van der Waals surface area contributed by atoms with E-state index in [0.717, 1.165) is 24.8 Å². The van der Waals surface area contributed by atoms with Crippen LogP contribution in [0.4, 0.5) is 0 Å². The van der Waals surface area contributed by atoms with E-state index >= 15 is 0 Å². The molecule has 0 bridgehead atoms. The zero-order valence-corrected chi connectivity index (χ0v) is 21.5. The van der Waals surface area contributed by atoms with Gasteiger partial charge in [0.2, 0.25) is 0 Å². The van der Waals surface area contributed by atoms with Gasteiger partial charge in [-0.3, -0.25) is 9.59 Å². The van der Waals surface area contributed by atoms with Gasteiger partial charge in [0.1, 0.15) is 23.6 Å². The van der Waals surface area contributed by atoms with Gasteiger partial charge in [0.05, 0.1) is 12.5 Å². The summed E-state index contributed by atoms with van der Waals surface area (Å²) in [6.45, 7) is 12.3. The average molecular weight is 485 g/mol. The number of cyclic esters (lactones) is 1. The molecule has 9 atom stereocenters. The van der Waals surface area contributed by atoms with Crippen molar-refractivity contribution in [1.29, 1.82) is 0 Å². The molecule has 5 fully saturated rings. The second-order valence-electron chi connectivity index (χ2n) is 13.0. The fraction of sp³-hybridized carbons (Fsp3) is 0.750. The molecule has 7 heteroatoms. The molecule has 3 heterocycles. The van der Waals surface area contributed by atoms with Crippen LogP contribution in [0.25, 0.3) is 0 Å². The van der Waals surface area contributed by atoms with E-state index in [0.29, 0.717) is 18.6 Å². The molecule has 1 aromatic heterocycles. The third-order valence-corrected chi connectivity index (χ3v) is 11.2. The van der Waals surface area contributed by atoms with E-state index in [2.05, 4.69) is 34.6 Å². The van der Waals surface area contributed by atoms with Crippen molar-refractivity contribution in [2.45, 2.75) is 97.6 Å². The van der Waals surface area contributed by atoms with Crippen LogP contribution in [-0.2, 0) is 28.6 Å². The van der Waals surface area contributed by atoms with E-state index in [1.807, 2.05) is 6.07 Å². The van der Waals surface area contributed by atoms with Crippen molar-refractivity contribution in [3.8, 4) is 0 Å². The topological polar surface area (TPSA) is 95.3 Å². The van der Waals surface area contributed by atoms with Gasteiger partial charge in [-0.1, -0.05) is 34.6 Å². The predicted molar refractivity (Wildman–Crippen MR) is 124 cm³/mol. The molecule has 0 aromatic carbocycles. The molecule has 5 unspecified atom stereocenters. The second-order valence-corrected chi connectivity index (χ2v) is 13.0. The van der Waals surface area contributed by atoms with Crippen LogP contribution >= 0.6 is 0 Å². The quantitative estimate of drug-likeness (QED) is 0.440. The summed E-state index contributed by atoms with van der Waals surface area (Å²) in [6.07, 6.45) is 4.96. The summed E-state index contributed by atoms with van der Waals surface area (Å²) in [5.41, 5.74) is -2.02. The molecule has 0 amide bonds. The molecule has 3 aliphatic carbocycles. The van der Waals surface area contributed by atoms with Gasteiger partial charge >= 0.3 is 11.9 Å². The van der Waals surface area contributed by atoms with Crippen molar-refractivity contribution in [3.05, 3.63) is 24.2 Å². The van der Waals surface area contributed by atoms with Crippen LogP contribution in [-0.4, -0.2) is 35.5 Å². The third kappa shape index (κ3) is 2.53. The van der Waals surface area contributed by atoms with E-state index in [9.17, 15) is 14.4 Å². The number of rotatable bonds is 2. The van der Waals surface area contributed by atoms with Crippen LogP contribution in [0, 0.1) is 33.5 Å². The molecule has 35 heavy (non-hydrogen) atoms. The van der Waals surface area contributed by atoms with E-state index in [1.54, 1.807) is 12.5 Å². The number of hydrogen-bond acceptors (Lipinski definition) is 7. The first kappa shape index (κ1) is 23.3.